The Hall–Kier alpha value is -0.610. The minimum Gasteiger partial charge on any atom is -0.356 e. The van der Waals surface area contributed by atoms with Crippen LogP contribution in [-0.2, 0) is 9.63 Å². The highest BCUT2D eigenvalue weighted by Gasteiger charge is 2.01. The lowest BCUT2D eigenvalue weighted by atomic mass is 10.1. The Bertz CT molecular complexity index is 161. The van der Waals surface area contributed by atoms with E-state index in [1.807, 2.05) is 0 Å². The maximum absolute atomic E-state index is 11.3. The normalized spacial score (nSPS) is 10.7. The molecular weight excluding hydrogens is 192 g/mol. The summed E-state index contributed by atoms with van der Waals surface area (Å²) >= 11 is 0. The first-order valence-corrected chi connectivity index (χ1v) is 5.75. The summed E-state index contributed by atoms with van der Waals surface area (Å²) in [6.07, 6.45) is 4.50. The molecule has 1 amide bonds. The van der Waals surface area contributed by atoms with Crippen LogP contribution in [0.3, 0.4) is 0 Å². The molecule has 0 spiro atoms. The van der Waals surface area contributed by atoms with Gasteiger partial charge in [-0.2, -0.15) is 0 Å². The molecule has 0 aromatic heterocycles. The van der Waals surface area contributed by atoms with Gasteiger partial charge in [0.15, 0.2) is 0 Å². The summed E-state index contributed by atoms with van der Waals surface area (Å²) in [7, 11) is 0. The van der Waals surface area contributed by atoms with Crippen molar-refractivity contribution in [1.29, 1.82) is 0 Å². The zero-order valence-corrected chi connectivity index (χ0v) is 9.92. The molecule has 0 bridgehead atoms. The Balaban J connectivity index is 3.19. The Morgan fingerprint density at radius 3 is 2.67 bits per heavy atom. The summed E-state index contributed by atoms with van der Waals surface area (Å²) in [6.45, 7) is 5.68. The van der Waals surface area contributed by atoms with Gasteiger partial charge in [0.1, 0.15) is 0 Å². The number of unbranched alkanes of at least 4 members (excludes halogenated alkanes) is 2. The van der Waals surface area contributed by atoms with Gasteiger partial charge in [0.05, 0.1) is 6.61 Å². The molecule has 0 atom stereocenters. The number of amides is 1. The smallest absolute Gasteiger partial charge is 0.219 e. The zero-order valence-electron chi connectivity index (χ0n) is 9.92. The molecule has 0 rings (SSSR count). The van der Waals surface area contributed by atoms with Crippen LogP contribution in [0.5, 0.6) is 0 Å². The second-order valence-electron chi connectivity index (χ2n) is 4.21. The number of carbonyl (C=O) groups is 1. The van der Waals surface area contributed by atoms with Gasteiger partial charge in [-0.05, 0) is 25.2 Å². The topological polar surface area (TPSA) is 64.3 Å². The van der Waals surface area contributed by atoms with E-state index in [4.69, 9.17) is 5.90 Å². The van der Waals surface area contributed by atoms with E-state index in [-0.39, 0.29) is 5.91 Å². The maximum Gasteiger partial charge on any atom is 0.219 e. The molecule has 0 aromatic rings. The fourth-order valence-electron chi connectivity index (χ4n) is 1.24. The predicted octanol–water partition coefficient (Wildman–Crippen LogP) is 1.60. The van der Waals surface area contributed by atoms with Crippen molar-refractivity contribution in [3.8, 4) is 0 Å². The largest absolute Gasteiger partial charge is 0.356 e. The molecule has 0 aliphatic rings. The van der Waals surface area contributed by atoms with Crippen LogP contribution in [0.2, 0.25) is 0 Å². The minimum absolute atomic E-state index is 0.157. The van der Waals surface area contributed by atoms with Gasteiger partial charge in [-0.1, -0.05) is 20.3 Å². The molecule has 0 unspecified atom stereocenters. The van der Waals surface area contributed by atoms with Crippen LogP contribution >= 0.6 is 0 Å². The van der Waals surface area contributed by atoms with E-state index < -0.39 is 0 Å². The molecule has 15 heavy (non-hydrogen) atoms. The fourth-order valence-corrected chi connectivity index (χ4v) is 1.24. The standard InChI is InChI=1S/C11H24N2O2/c1-10(2)7-8-13-11(14)6-4-3-5-9-15-12/h10H,3-9,12H2,1-2H3,(H,13,14). The first-order valence-electron chi connectivity index (χ1n) is 5.75. The lowest BCUT2D eigenvalue weighted by Gasteiger charge is -2.06. The van der Waals surface area contributed by atoms with Crippen molar-refractivity contribution < 1.29 is 9.63 Å². The summed E-state index contributed by atoms with van der Waals surface area (Å²) in [5.74, 6) is 5.69. The average molecular weight is 216 g/mol. The fraction of sp³-hybridized carbons (Fsp3) is 0.909. The summed E-state index contributed by atoms with van der Waals surface area (Å²) < 4.78 is 0. The van der Waals surface area contributed by atoms with Gasteiger partial charge < -0.3 is 10.2 Å². The van der Waals surface area contributed by atoms with Gasteiger partial charge in [0.2, 0.25) is 5.91 Å². The van der Waals surface area contributed by atoms with E-state index in [0.717, 1.165) is 32.2 Å². The highest BCUT2D eigenvalue weighted by Crippen LogP contribution is 2.00. The van der Waals surface area contributed by atoms with Crippen LogP contribution in [0.15, 0.2) is 0 Å². The van der Waals surface area contributed by atoms with Crippen molar-refractivity contribution >= 4 is 5.91 Å². The van der Waals surface area contributed by atoms with Crippen molar-refractivity contribution in [2.24, 2.45) is 11.8 Å². The number of rotatable bonds is 9. The quantitative estimate of drug-likeness (QED) is 0.454. The van der Waals surface area contributed by atoms with Crippen molar-refractivity contribution in [2.75, 3.05) is 13.2 Å². The Kier molecular flexibility index (Phi) is 9.52. The molecule has 0 aliphatic carbocycles. The minimum atomic E-state index is 0.157. The third-order valence-corrected chi connectivity index (χ3v) is 2.21. The van der Waals surface area contributed by atoms with Crippen LogP contribution in [0.4, 0.5) is 0 Å². The maximum atomic E-state index is 11.3. The number of nitrogens with two attached hydrogens (primary N) is 1. The van der Waals surface area contributed by atoms with Gasteiger partial charge in [-0.25, -0.2) is 5.90 Å². The van der Waals surface area contributed by atoms with Crippen molar-refractivity contribution in [3.63, 3.8) is 0 Å². The van der Waals surface area contributed by atoms with Crippen LogP contribution in [0.1, 0.15) is 46.0 Å². The Labute approximate surface area is 92.5 Å². The highest BCUT2D eigenvalue weighted by molar-refractivity contribution is 5.75. The second kappa shape index (κ2) is 9.93. The number of carbonyl (C=O) groups excluding carboxylic acids is 1. The SMILES string of the molecule is CC(C)CCNC(=O)CCCCCON. The highest BCUT2D eigenvalue weighted by atomic mass is 16.6. The Morgan fingerprint density at radius 2 is 2.07 bits per heavy atom. The third-order valence-electron chi connectivity index (χ3n) is 2.21. The third kappa shape index (κ3) is 11.3. The van der Waals surface area contributed by atoms with E-state index >= 15 is 0 Å². The van der Waals surface area contributed by atoms with Gasteiger partial charge in [0, 0.05) is 13.0 Å². The van der Waals surface area contributed by atoms with E-state index in [1.54, 1.807) is 0 Å². The van der Waals surface area contributed by atoms with Crippen LogP contribution < -0.4 is 11.2 Å². The molecule has 0 aliphatic heterocycles. The Morgan fingerprint density at radius 1 is 1.33 bits per heavy atom. The molecule has 0 saturated heterocycles. The summed E-state index contributed by atoms with van der Waals surface area (Å²) in [4.78, 5) is 15.7. The zero-order chi connectivity index (χ0) is 11.5. The van der Waals surface area contributed by atoms with Crippen LogP contribution in [-0.4, -0.2) is 19.1 Å². The molecule has 0 radical (unpaired) electrons. The monoisotopic (exact) mass is 216 g/mol. The molecule has 4 heteroatoms. The lowest BCUT2D eigenvalue weighted by Crippen LogP contribution is -2.24. The molecular formula is C11H24N2O2. The van der Waals surface area contributed by atoms with E-state index in [2.05, 4.69) is 24.0 Å². The molecule has 0 heterocycles. The first kappa shape index (κ1) is 14.4. The van der Waals surface area contributed by atoms with Gasteiger partial charge in [-0.3, -0.25) is 4.79 Å². The summed E-state index contributed by atoms with van der Waals surface area (Å²) in [5, 5.41) is 2.91. The average Bonchev–Trinajstić information content (AvgIpc) is 2.17. The van der Waals surface area contributed by atoms with Crippen molar-refractivity contribution in [3.05, 3.63) is 0 Å². The van der Waals surface area contributed by atoms with E-state index in [1.165, 1.54) is 0 Å². The predicted molar refractivity (Wildman–Crippen MR) is 61.1 cm³/mol. The molecule has 0 saturated carbocycles. The van der Waals surface area contributed by atoms with Crippen molar-refractivity contribution in [2.45, 2.75) is 46.0 Å². The molecule has 0 fully saturated rings. The molecule has 3 N–H and O–H groups in total. The van der Waals surface area contributed by atoms with Crippen molar-refractivity contribution in [1.82, 2.24) is 5.32 Å². The lowest BCUT2D eigenvalue weighted by molar-refractivity contribution is -0.121. The molecule has 0 aromatic carbocycles. The summed E-state index contributed by atoms with van der Waals surface area (Å²) in [5.41, 5.74) is 0. The number of nitrogens with one attached hydrogen (secondary N) is 1. The summed E-state index contributed by atoms with van der Waals surface area (Å²) in [6, 6.07) is 0. The van der Waals surface area contributed by atoms with E-state index in [9.17, 15) is 4.79 Å². The van der Waals surface area contributed by atoms with Crippen LogP contribution in [0, 0.1) is 5.92 Å². The molecule has 90 valence electrons. The molecule has 4 nitrogen and oxygen atoms in total. The second-order valence-corrected chi connectivity index (χ2v) is 4.21. The number of hydrogen-bond donors (Lipinski definition) is 2. The van der Waals surface area contributed by atoms with Gasteiger partial charge in [0.25, 0.3) is 0 Å². The van der Waals surface area contributed by atoms with Gasteiger partial charge >= 0.3 is 0 Å². The van der Waals surface area contributed by atoms with Crippen LogP contribution in [0.25, 0.3) is 0 Å². The van der Waals surface area contributed by atoms with Gasteiger partial charge in [-0.15, -0.1) is 0 Å². The number of hydrogen-bond acceptors (Lipinski definition) is 3. The first-order chi connectivity index (χ1) is 7.16. The van der Waals surface area contributed by atoms with E-state index in [0.29, 0.717) is 18.9 Å².